The molecule has 1 heterocycles. The fourth-order valence-electron chi connectivity index (χ4n) is 7.97. The molecule has 8 aromatic rings. The molecule has 0 atom stereocenters. The Labute approximate surface area is 271 Å². The van der Waals surface area contributed by atoms with E-state index >= 15 is 0 Å². The fourth-order valence-corrected chi connectivity index (χ4v) is 7.97. The van der Waals surface area contributed by atoms with Crippen LogP contribution in [-0.4, -0.2) is 62.8 Å². The first-order valence-electron chi connectivity index (χ1n) is 16.0. The van der Waals surface area contributed by atoms with Crippen molar-refractivity contribution in [2.24, 2.45) is 0 Å². The molecule has 0 fully saturated rings. The molecule has 0 unspecified atom stereocenters. The van der Waals surface area contributed by atoms with Crippen molar-refractivity contribution < 1.29 is 4.42 Å². The summed E-state index contributed by atoms with van der Waals surface area (Å²) in [6, 6.07) is 30.9. The van der Waals surface area contributed by atoms with Gasteiger partial charge in [-0.15, -0.1) is 21.9 Å². The predicted molar refractivity (Wildman–Crippen MR) is 223 cm³/mol. The van der Waals surface area contributed by atoms with Crippen molar-refractivity contribution in [3.8, 4) is 22.3 Å². The van der Waals surface area contributed by atoms with Gasteiger partial charge in [-0.25, -0.2) is 0 Å². The Morgan fingerprint density at radius 2 is 0.889 bits per heavy atom. The van der Waals surface area contributed by atoms with Gasteiger partial charge in [0.15, 0.2) is 0 Å². The summed E-state index contributed by atoms with van der Waals surface area (Å²) in [5.74, 6) is 0. The highest BCUT2D eigenvalue weighted by Gasteiger charge is 2.25. The minimum atomic E-state index is 0.930. The van der Waals surface area contributed by atoms with Crippen LogP contribution in [0.5, 0.6) is 0 Å². The van der Waals surface area contributed by atoms with Crippen LogP contribution in [0, 0.1) is 0 Å². The van der Waals surface area contributed by atoms with Gasteiger partial charge in [0.25, 0.3) is 0 Å². The van der Waals surface area contributed by atoms with E-state index in [0.29, 0.717) is 0 Å². The van der Waals surface area contributed by atoms with Crippen LogP contribution in [0.15, 0.2) is 89.3 Å². The molecule has 7 aromatic carbocycles. The zero-order valence-electron chi connectivity index (χ0n) is 27.5. The fraction of sp³-hybridized carbons (Fsp3) is 0. The van der Waals surface area contributed by atoms with Crippen LogP contribution >= 0.6 is 0 Å². The molecule has 0 saturated carbocycles. The third kappa shape index (κ3) is 3.86. The third-order valence-electron chi connectivity index (χ3n) is 11.1. The lowest BCUT2D eigenvalue weighted by atomic mass is 9.59. The van der Waals surface area contributed by atoms with Crippen LogP contribution in [0.3, 0.4) is 0 Å². The topological polar surface area (TPSA) is 13.1 Å². The third-order valence-corrected chi connectivity index (χ3v) is 11.1. The highest BCUT2D eigenvalue weighted by molar-refractivity contribution is 6.71. The molecule has 0 saturated heterocycles. The number of fused-ring (bicyclic) bond motifs is 7. The van der Waals surface area contributed by atoms with Crippen LogP contribution in [0.2, 0.25) is 0 Å². The first-order valence-corrected chi connectivity index (χ1v) is 16.0. The van der Waals surface area contributed by atoms with Crippen LogP contribution < -0.4 is 43.7 Å². The van der Waals surface area contributed by atoms with Gasteiger partial charge in [0.2, 0.25) is 0 Å². The van der Waals surface area contributed by atoms with Crippen molar-refractivity contribution >= 4 is 161 Å². The van der Waals surface area contributed by atoms with E-state index in [1.807, 2.05) is 0 Å². The van der Waals surface area contributed by atoms with E-state index < -0.39 is 0 Å². The van der Waals surface area contributed by atoms with Crippen LogP contribution in [0.4, 0.5) is 0 Å². The summed E-state index contributed by atoms with van der Waals surface area (Å²) in [6.07, 6.45) is 0. The molecule has 9 heteroatoms. The second kappa shape index (κ2) is 10.1. The molecular formula is C36H30B8O. The number of hydrogen-bond acceptors (Lipinski definition) is 1. The summed E-state index contributed by atoms with van der Waals surface area (Å²) in [5.41, 5.74) is 18.1. The molecule has 0 radical (unpaired) electrons. The maximum absolute atomic E-state index is 6.56. The Kier molecular flexibility index (Phi) is 6.30. The van der Waals surface area contributed by atoms with Gasteiger partial charge >= 0.3 is 0 Å². The Morgan fingerprint density at radius 1 is 0.378 bits per heavy atom. The summed E-state index contributed by atoms with van der Waals surface area (Å²) in [6.45, 7) is 0. The molecule has 1 aromatic heterocycles. The first-order chi connectivity index (χ1) is 21.7. The zero-order chi connectivity index (χ0) is 31.3. The molecule has 45 heavy (non-hydrogen) atoms. The van der Waals surface area contributed by atoms with Gasteiger partial charge < -0.3 is 4.42 Å². The quantitative estimate of drug-likeness (QED) is 0.157. The number of furan rings is 1. The molecule has 1 nitrogen and oxygen atoms in total. The number of rotatable bonds is 2. The van der Waals surface area contributed by atoms with Gasteiger partial charge in [0.05, 0.1) is 0 Å². The summed E-state index contributed by atoms with van der Waals surface area (Å²) in [5, 5.41) is 10.2. The van der Waals surface area contributed by atoms with Gasteiger partial charge in [-0.2, -0.15) is 0 Å². The summed E-state index contributed by atoms with van der Waals surface area (Å²) in [7, 11) is 18.5. The van der Waals surface area contributed by atoms with Gasteiger partial charge in [-0.05, 0) is 67.4 Å². The Bertz CT molecular complexity index is 2490. The summed E-state index contributed by atoms with van der Waals surface area (Å²) in [4.78, 5) is 0. The normalized spacial score (nSPS) is 11.8. The molecular weight excluding hydrogens is 535 g/mol. The predicted octanol–water partition coefficient (Wildman–Crippen LogP) is -3.55. The lowest BCUT2D eigenvalue weighted by Gasteiger charge is -2.28. The van der Waals surface area contributed by atoms with E-state index in [9.17, 15) is 0 Å². The molecule has 204 valence electrons. The SMILES string of the molecule is Bc1c(B)c(B)c2c(-c3ccc4oc5c6ccccc6ccc5c4c3)c3c(B)c(B)c(B)c(B)c3c(-c3ccccc3)c2c1B. The largest absolute Gasteiger partial charge is 0.455 e. The minimum Gasteiger partial charge on any atom is -0.455 e. The second-order valence-electron chi connectivity index (χ2n) is 13.1. The lowest BCUT2D eigenvalue weighted by molar-refractivity contribution is 0.672. The molecule has 0 spiro atoms. The smallest absolute Gasteiger partial charge is 0.143 e. The molecule has 8 rings (SSSR count). The number of benzene rings is 7. The monoisotopic (exact) mass is 566 g/mol. The van der Waals surface area contributed by atoms with Crippen LogP contribution in [-0.2, 0) is 0 Å². The van der Waals surface area contributed by atoms with Crippen molar-refractivity contribution in [3.05, 3.63) is 84.9 Å². The van der Waals surface area contributed by atoms with Gasteiger partial charge in [0, 0.05) is 16.2 Å². The van der Waals surface area contributed by atoms with E-state index in [1.54, 1.807) is 0 Å². The standard InChI is InChI=1S/C36H30B8O/c37-28-24-22(16-7-2-1-3-8-16)25-27(31(40)35(44)33(42)29(25)38)23(26(24)30(39)34(43)32(28)41)17-11-13-21-20(14-17)19-12-10-15-6-4-5-9-18(15)36(19)45-21/h1-14H,37-44H2. The van der Waals surface area contributed by atoms with Crippen LogP contribution in [0.1, 0.15) is 0 Å². The van der Waals surface area contributed by atoms with Gasteiger partial charge in [-0.3, -0.25) is 0 Å². The van der Waals surface area contributed by atoms with E-state index in [1.165, 1.54) is 98.3 Å². The first kappa shape index (κ1) is 28.1. The Morgan fingerprint density at radius 3 is 1.47 bits per heavy atom. The van der Waals surface area contributed by atoms with Gasteiger partial charge in [0.1, 0.15) is 73.9 Å². The molecule has 0 amide bonds. The van der Waals surface area contributed by atoms with Crippen molar-refractivity contribution in [1.29, 1.82) is 0 Å². The molecule has 0 bridgehead atoms. The number of hydrogen-bond donors (Lipinski definition) is 0. The average Bonchev–Trinajstić information content (AvgIpc) is 3.45. The summed E-state index contributed by atoms with van der Waals surface area (Å²) >= 11 is 0. The van der Waals surface area contributed by atoms with E-state index in [2.05, 4.69) is 148 Å². The highest BCUT2D eigenvalue weighted by Crippen LogP contribution is 2.42. The van der Waals surface area contributed by atoms with Crippen molar-refractivity contribution in [3.63, 3.8) is 0 Å². The van der Waals surface area contributed by atoms with E-state index in [4.69, 9.17) is 4.42 Å². The average molecular weight is 565 g/mol. The zero-order valence-corrected chi connectivity index (χ0v) is 27.5. The Balaban J connectivity index is 1.63. The van der Waals surface area contributed by atoms with Crippen molar-refractivity contribution in [1.82, 2.24) is 0 Å². The summed E-state index contributed by atoms with van der Waals surface area (Å²) < 4.78 is 6.56. The molecule has 0 N–H and O–H groups in total. The van der Waals surface area contributed by atoms with E-state index in [-0.39, 0.29) is 0 Å². The van der Waals surface area contributed by atoms with Crippen LogP contribution in [0.25, 0.3) is 76.5 Å². The molecule has 0 aliphatic rings. The molecule has 0 aliphatic carbocycles. The second-order valence-corrected chi connectivity index (χ2v) is 13.1. The van der Waals surface area contributed by atoms with E-state index in [0.717, 1.165) is 21.9 Å². The van der Waals surface area contributed by atoms with Gasteiger partial charge in [-0.1, -0.05) is 88.6 Å². The molecule has 0 aliphatic heterocycles. The highest BCUT2D eigenvalue weighted by atomic mass is 16.3. The lowest BCUT2D eigenvalue weighted by Crippen LogP contribution is -2.50. The van der Waals surface area contributed by atoms with Crippen molar-refractivity contribution in [2.45, 2.75) is 0 Å². The minimum absolute atomic E-state index is 0.930. The Hall–Kier alpha value is -4.36. The van der Waals surface area contributed by atoms with Crippen molar-refractivity contribution in [2.75, 3.05) is 0 Å². The maximum atomic E-state index is 6.56. The maximum Gasteiger partial charge on any atom is 0.143 e.